The van der Waals surface area contributed by atoms with E-state index < -0.39 is 5.97 Å². The number of thioether (sulfide) groups is 1. The molecule has 1 aromatic heterocycles. The van der Waals surface area contributed by atoms with Gasteiger partial charge in [-0.3, -0.25) is 0 Å². The molecular weight excluding hydrogens is 280 g/mol. The molecule has 0 aliphatic rings. The lowest BCUT2D eigenvalue weighted by atomic mass is 10.1. The first-order chi connectivity index (χ1) is 9.22. The van der Waals surface area contributed by atoms with E-state index in [0.29, 0.717) is 12.3 Å². The average Bonchev–Trinajstić information content (AvgIpc) is 2.86. The van der Waals surface area contributed by atoms with E-state index in [4.69, 9.17) is 4.74 Å². The van der Waals surface area contributed by atoms with Crippen molar-refractivity contribution in [1.82, 2.24) is 9.59 Å². The molecule has 0 saturated carbocycles. The van der Waals surface area contributed by atoms with Crippen LogP contribution in [0.15, 0.2) is 28.5 Å². The molecule has 0 aliphatic carbocycles. The number of ether oxygens (including phenoxy) is 1. The summed E-state index contributed by atoms with van der Waals surface area (Å²) in [4.78, 5) is 11.7. The number of benzene rings is 1. The number of aromatic nitrogens is 2. The van der Waals surface area contributed by atoms with Crippen LogP contribution in [0.3, 0.4) is 0 Å². The molecule has 2 rings (SSSR count). The lowest BCUT2D eigenvalue weighted by molar-refractivity contribution is 0.0515. The molecule has 0 aliphatic heterocycles. The molecule has 4 nitrogen and oxygen atoms in total. The molecule has 0 saturated heterocycles. The molecule has 0 radical (unpaired) electrons. The summed E-state index contributed by atoms with van der Waals surface area (Å²) in [5, 5.41) is 3.84. The van der Waals surface area contributed by atoms with Crippen molar-refractivity contribution in [3.63, 3.8) is 0 Å². The predicted molar refractivity (Wildman–Crippen MR) is 76.6 cm³/mol. The minimum Gasteiger partial charge on any atom is -0.461 e. The zero-order valence-electron chi connectivity index (χ0n) is 10.8. The Balaban J connectivity index is 2.06. The number of carbonyl (C=O) groups excluding carboxylic acids is 1. The second-order valence-electron chi connectivity index (χ2n) is 3.84. The first kappa shape index (κ1) is 14.0. The molecule has 1 heterocycles. The summed E-state index contributed by atoms with van der Waals surface area (Å²) in [6, 6.07) is 8.19. The Kier molecular flexibility index (Phi) is 4.93. The topological polar surface area (TPSA) is 52.1 Å². The van der Waals surface area contributed by atoms with Crippen LogP contribution in [-0.4, -0.2) is 22.2 Å². The number of esters is 1. The van der Waals surface area contributed by atoms with Gasteiger partial charge in [-0.2, -0.15) is 0 Å². The zero-order valence-corrected chi connectivity index (χ0v) is 12.4. The van der Waals surface area contributed by atoms with Crippen LogP contribution in [0.25, 0.3) is 0 Å². The fourth-order valence-corrected chi connectivity index (χ4v) is 3.28. The van der Waals surface area contributed by atoms with Crippen molar-refractivity contribution in [1.29, 1.82) is 0 Å². The Hall–Kier alpha value is -1.40. The van der Waals surface area contributed by atoms with Gasteiger partial charge in [-0.05, 0) is 36.5 Å². The normalized spacial score (nSPS) is 10.4. The number of rotatable bonds is 5. The van der Waals surface area contributed by atoms with E-state index in [1.165, 1.54) is 22.7 Å². The lowest BCUT2D eigenvalue weighted by Gasteiger charge is -2.04. The monoisotopic (exact) mass is 294 g/mol. The Bertz CT molecular complexity index is 569. The number of aryl methyl sites for hydroxylation is 1. The molecule has 6 heteroatoms. The van der Waals surface area contributed by atoms with E-state index >= 15 is 0 Å². The molecule has 0 unspecified atom stereocenters. The maximum Gasteiger partial charge on any atom is 0.361 e. The largest absolute Gasteiger partial charge is 0.461 e. The van der Waals surface area contributed by atoms with Gasteiger partial charge in [-0.15, -0.1) is 16.9 Å². The van der Waals surface area contributed by atoms with Gasteiger partial charge in [0.15, 0.2) is 5.69 Å². The first-order valence-corrected chi connectivity index (χ1v) is 7.65. The van der Waals surface area contributed by atoms with Crippen LogP contribution < -0.4 is 0 Å². The number of hydrogen-bond acceptors (Lipinski definition) is 6. The SMILES string of the molecule is CCOC(=O)c1nnsc1SCc1ccccc1C. The molecular formula is C13H14N2O2S2. The molecule has 0 spiro atoms. The molecule has 100 valence electrons. The standard InChI is InChI=1S/C13H14N2O2S2/c1-3-17-12(16)11-13(19-15-14-11)18-8-10-7-5-4-6-9(10)2/h4-7H,3,8H2,1-2H3. The molecule has 0 amide bonds. The van der Waals surface area contributed by atoms with Crippen molar-refractivity contribution in [3.05, 3.63) is 41.1 Å². The highest BCUT2D eigenvalue weighted by Gasteiger charge is 2.18. The minimum absolute atomic E-state index is 0.324. The summed E-state index contributed by atoms with van der Waals surface area (Å²) in [7, 11) is 0. The molecule has 0 bridgehead atoms. The quantitative estimate of drug-likeness (QED) is 0.625. The summed E-state index contributed by atoms with van der Waals surface area (Å²) >= 11 is 2.80. The van der Waals surface area contributed by atoms with Gasteiger partial charge < -0.3 is 4.74 Å². The molecule has 0 N–H and O–H groups in total. The van der Waals surface area contributed by atoms with Gasteiger partial charge in [0.05, 0.1) is 6.61 Å². The molecule has 19 heavy (non-hydrogen) atoms. The third kappa shape index (κ3) is 3.54. The van der Waals surface area contributed by atoms with Crippen LogP contribution in [0.2, 0.25) is 0 Å². The highest BCUT2D eigenvalue weighted by atomic mass is 32.2. The van der Waals surface area contributed by atoms with Crippen molar-refractivity contribution in [2.75, 3.05) is 6.61 Å². The Morgan fingerprint density at radius 2 is 2.21 bits per heavy atom. The second-order valence-corrected chi connectivity index (χ2v) is 5.84. The van der Waals surface area contributed by atoms with E-state index in [1.54, 1.807) is 18.7 Å². The minimum atomic E-state index is -0.400. The summed E-state index contributed by atoms with van der Waals surface area (Å²) in [6.45, 7) is 4.20. The van der Waals surface area contributed by atoms with Crippen molar-refractivity contribution < 1.29 is 9.53 Å². The van der Waals surface area contributed by atoms with E-state index in [2.05, 4.69) is 28.6 Å². The van der Waals surface area contributed by atoms with Crippen LogP contribution in [0.5, 0.6) is 0 Å². The number of hydrogen-bond donors (Lipinski definition) is 0. The fraction of sp³-hybridized carbons (Fsp3) is 0.308. The molecule has 0 atom stereocenters. The van der Waals surface area contributed by atoms with Crippen molar-refractivity contribution in [2.24, 2.45) is 0 Å². The first-order valence-electron chi connectivity index (χ1n) is 5.89. The van der Waals surface area contributed by atoms with Crippen molar-refractivity contribution >= 4 is 29.3 Å². The highest BCUT2D eigenvalue weighted by molar-refractivity contribution is 8.00. The van der Waals surface area contributed by atoms with Gasteiger partial charge >= 0.3 is 5.97 Å². The summed E-state index contributed by atoms with van der Waals surface area (Å²) in [5.41, 5.74) is 2.81. The summed E-state index contributed by atoms with van der Waals surface area (Å²) in [5.74, 6) is 0.395. The number of nitrogens with zero attached hydrogens (tertiary/aromatic N) is 2. The van der Waals surface area contributed by atoms with E-state index in [1.807, 2.05) is 12.1 Å². The molecule has 1 aromatic carbocycles. The predicted octanol–water partition coefficient (Wildman–Crippen LogP) is 3.32. The van der Waals surface area contributed by atoms with E-state index in [9.17, 15) is 4.79 Å². The van der Waals surface area contributed by atoms with Crippen LogP contribution in [0.1, 0.15) is 28.5 Å². The van der Waals surface area contributed by atoms with Gasteiger partial charge in [0.2, 0.25) is 0 Å². The Morgan fingerprint density at radius 3 is 2.95 bits per heavy atom. The Labute approximate surface area is 120 Å². The average molecular weight is 294 g/mol. The summed E-state index contributed by atoms with van der Waals surface area (Å²) < 4.78 is 9.59. The third-order valence-electron chi connectivity index (χ3n) is 2.55. The third-order valence-corrected chi connectivity index (χ3v) is 4.56. The van der Waals surface area contributed by atoms with E-state index in [-0.39, 0.29) is 0 Å². The number of carbonyl (C=O) groups is 1. The zero-order chi connectivity index (χ0) is 13.7. The lowest BCUT2D eigenvalue weighted by Crippen LogP contribution is -2.06. The highest BCUT2D eigenvalue weighted by Crippen LogP contribution is 2.29. The van der Waals surface area contributed by atoms with Crippen molar-refractivity contribution in [3.8, 4) is 0 Å². The van der Waals surface area contributed by atoms with Gasteiger partial charge in [-0.1, -0.05) is 28.8 Å². The van der Waals surface area contributed by atoms with E-state index in [0.717, 1.165) is 9.96 Å². The fourth-order valence-electron chi connectivity index (χ4n) is 1.52. The molecule has 2 aromatic rings. The van der Waals surface area contributed by atoms with Crippen LogP contribution in [0, 0.1) is 6.92 Å². The maximum atomic E-state index is 11.7. The van der Waals surface area contributed by atoms with Gasteiger partial charge in [0.25, 0.3) is 0 Å². The van der Waals surface area contributed by atoms with Crippen LogP contribution in [0.4, 0.5) is 0 Å². The smallest absolute Gasteiger partial charge is 0.361 e. The maximum absolute atomic E-state index is 11.7. The van der Waals surface area contributed by atoms with Gasteiger partial charge in [0, 0.05) is 5.75 Å². The van der Waals surface area contributed by atoms with Crippen molar-refractivity contribution in [2.45, 2.75) is 23.8 Å². The second kappa shape index (κ2) is 6.68. The van der Waals surface area contributed by atoms with Crippen LogP contribution in [-0.2, 0) is 10.5 Å². The summed E-state index contributed by atoms with van der Waals surface area (Å²) in [6.07, 6.45) is 0. The Morgan fingerprint density at radius 1 is 1.42 bits per heavy atom. The molecule has 0 fully saturated rings. The van der Waals surface area contributed by atoms with Crippen LogP contribution >= 0.6 is 23.3 Å². The van der Waals surface area contributed by atoms with Gasteiger partial charge in [-0.25, -0.2) is 4.79 Å². The van der Waals surface area contributed by atoms with Gasteiger partial charge in [0.1, 0.15) is 4.21 Å².